The Morgan fingerprint density at radius 2 is 1.40 bits per heavy atom. The molecule has 0 aliphatic heterocycles. The Hall–Kier alpha value is -5.15. The maximum atomic E-state index is 15.2. The predicted molar refractivity (Wildman–Crippen MR) is 191 cm³/mol. The molecule has 5 N–H and O–H groups in total. The molecule has 1 fully saturated rings. The van der Waals surface area contributed by atoms with Crippen LogP contribution in [0.25, 0.3) is 0 Å². The predicted octanol–water partition coefficient (Wildman–Crippen LogP) is 6.71. The molecule has 17 heteroatoms. The van der Waals surface area contributed by atoms with Crippen LogP contribution >= 0.6 is 23.2 Å². The van der Waals surface area contributed by atoms with Gasteiger partial charge in [-0.3, -0.25) is 14.4 Å². The molecule has 3 amide bonds. The molecule has 1 saturated carbocycles. The second-order valence-electron chi connectivity index (χ2n) is 13.1. The number of benzene rings is 3. The fourth-order valence-electron chi connectivity index (χ4n) is 4.82. The van der Waals surface area contributed by atoms with Crippen molar-refractivity contribution in [3.8, 4) is 6.01 Å². The number of alkyl halides is 2. The number of carbonyl (C=O) groups excluding carboxylic acids is 3. The molecule has 3 aromatic carbocycles. The Morgan fingerprint density at radius 1 is 0.808 bits per heavy atom. The van der Waals surface area contributed by atoms with Gasteiger partial charge in [-0.25, -0.2) is 13.2 Å². The zero-order valence-electron chi connectivity index (χ0n) is 28.3. The van der Waals surface area contributed by atoms with Gasteiger partial charge in [0.2, 0.25) is 11.9 Å². The summed E-state index contributed by atoms with van der Waals surface area (Å²) in [5.74, 6) is -6.59. The van der Waals surface area contributed by atoms with Crippen LogP contribution in [-0.2, 0) is 15.1 Å². The van der Waals surface area contributed by atoms with E-state index in [9.17, 15) is 23.2 Å². The first-order chi connectivity index (χ1) is 24.5. The van der Waals surface area contributed by atoms with E-state index in [0.29, 0.717) is 22.7 Å². The summed E-state index contributed by atoms with van der Waals surface area (Å²) < 4.78 is 47.6. The third-order valence-corrected chi connectivity index (χ3v) is 8.30. The molecule has 12 nitrogen and oxygen atoms in total. The molecule has 0 radical (unpaired) electrons. The zero-order chi connectivity index (χ0) is 37.7. The topological polar surface area (TPSA) is 159 Å². The second-order valence-corrected chi connectivity index (χ2v) is 14.0. The minimum absolute atomic E-state index is 0.0245. The summed E-state index contributed by atoms with van der Waals surface area (Å²) >= 11 is 11.9. The van der Waals surface area contributed by atoms with Gasteiger partial charge in [0.05, 0.1) is 11.1 Å². The van der Waals surface area contributed by atoms with E-state index in [-0.39, 0.29) is 42.2 Å². The number of nitrogens with one attached hydrogen (secondary N) is 5. The van der Waals surface area contributed by atoms with Crippen molar-refractivity contribution >= 4 is 64.2 Å². The first-order valence-electron chi connectivity index (χ1n) is 16.0. The molecular formula is C35H35Cl2F3N8O4. The van der Waals surface area contributed by atoms with Crippen molar-refractivity contribution in [1.82, 2.24) is 25.6 Å². The largest absolute Gasteiger partial charge is 0.457 e. The van der Waals surface area contributed by atoms with Crippen molar-refractivity contribution in [3.05, 3.63) is 93.7 Å². The number of halogens is 5. The molecule has 4 aromatic rings. The Morgan fingerprint density at radius 3 is 2.02 bits per heavy atom. The zero-order valence-corrected chi connectivity index (χ0v) is 29.8. The average Bonchev–Trinajstić information content (AvgIpc) is 3.86. The lowest BCUT2D eigenvalue weighted by atomic mass is 9.93. The lowest BCUT2D eigenvalue weighted by molar-refractivity contribution is -0.136. The number of anilines is 4. The minimum Gasteiger partial charge on any atom is -0.457 e. The smallest absolute Gasteiger partial charge is 0.323 e. The Kier molecular flexibility index (Phi) is 11.4. The van der Waals surface area contributed by atoms with Crippen LogP contribution in [0.5, 0.6) is 6.01 Å². The van der Waals surface area contributed by atoms with Crippen LogP contribution in [0.1, 0.15) is 49.5 Å². The molecule has 5 rings (SSSR count). The number of hydrogen-bond acceptors (Lipinski definition) is 9. The van der Waals surface area contributed by atoms with Crippen LogP contribution in [0.2, 0.25) is 10.0 Å². The van der Waals surface area contributed by atoms with E-state index in [1.54, 1.807) is 50.2 Å². The van der Waals surface area contributed by atoms with Crippen molar-refractivity contribution in [2.45, 2.75) is 45.1 Å². The van der Waals surface area contributed by atoms with Gasteiger partial charge in [0, 0.05) is 41.4 Å². The highest BCUT2D eigenvalue weighted by molar-refractivity contribution is 6.39. The highest BCUT2D eigenvalue weighted by atomic mass is 35.5. The van der Waals surface area contributed by atoms with E-state index in [1.807, 2.05) is 12.1 Å². The van der Waals surface area contributed by atoms with Gasteiger partial charge in [-0.1, -0.05) is 49.2 Å². The summed E-state index contributed by atoms with van der Waals surface area (Å²) in [6, 6.07) is 16.8. The number of ether oxygens (including phenoxy) is 1. The van der Waals surface area contributed by atoms with Crippen LogP contribution in [0.3, 0.4) is 0 Å². The first-order valence-corrected chi connectivity index (χ1v) is 16.8. The van der Waals surface area contributed by atoms with Crippen molar-refractivity contribution in [2.24, 2.45) is 5.41 Å². The average molecular weight is 760 g/mol. The quantitative estimate of drug-likeness (QED) is 0.0882. The molecule has 1 aromatic heterocycles. The van der Waals surface area contributed by atoms with Crippen molar-refractivity contribution in [3.63, 3.8) is 0 Å². The molecule has 52 heavy (non-hydrogen) atoms. The van der Waals surface area contributed by atoms with Gasteiger partial charge in [0.1, 0.15) is 5.82 Å². The molecule has 0 atom stereocenters. The molecular weight excluding hydrogens is 724 g/mol. The number of nitrogens with zero attached hydrogens (tertiary/aromatic N) is 3. The number of amides is 3. The summed E-state index contributed by atoms with van der Waals surface area (Å²) in [5, 5.41) is 14.7. The molecule has 0 spiro atoms. The SMILES string of the molecule is CC(F)(F)COc1nc(Nc2ccc(C(=O)NCC(C)(C)CNC(=O)C(=O)Nc3ccc(Cl)cc3)c(F)c2)nc(NC2(c3ccc(Cl)cc3)CC2)n1. The van der Waals surface area contributed by atoms with Crippen LogP contribution in [0, 0.1) is 11.2 Å². The molecule has 0 bridgehead atoms. The number of hydrogen-bond donors (Lipinski definition) is 5. The Bertz CT molecular complexity index is 1940. The van der Waals surface area contributed by atoms with E-state index in [4.69, 9.17) is 27.9 Å². The Balaban J connectivity index is 1.20. The van der Waals surface area contributed by atoms with Crippen LogP contribution in [0.4, 0.5) is 36.4 Å². The third-order valence-electron chi connectivity index (χ3n) is 7.80. The minimum atomic E-state index is -3.16. The van der Waals surface area contributed by atoms with Crippen LogP contribution in [-0.4, -0.2) is 58.3 Å². The molecule has 1 heterocycles. The van der Waals surface area contributed by atoms with Crippen molar-refractivity contribution in [1.29, 1.82) is 0 Å². The molecule has 0 saturated heterocycles. The normalized spacial score (nSPS) is 13.5. The van der Waals surface area contributed by atoms with Gasteiger partial charge in [0.15, 0.2) is 6.61 Å². The van der Waals surface area contributed by atoms with Crippen LogP contribution < -0.4 is 31.3 Å². The maximum Gasteiger partial charge on any atom is 0.323 e. The van der Waals surface area contributed by atoms with E-state index >= 15 is 4.39 Å². The third kappa shape index (κ3) is 10.7. The summed E-state index contributed by atoms with van der Waals surface area (Å²) in [7, 11) is 0. The standard InChI is InChI=1S/C35H35Cl2F3N8O4/c1-33(2,18-42-28(50)29(51)43-23-10-8-22(37)9-11-23)17-41-27(49)25-13-12-24(16-26(25)38)44-30-45-31(47-32(46-30)52-19-34(3,39)40)48-35(14-15-35)20-4-6-21(36)7-5-20/h4-13,16H,14-15,17-19H2,1-3H3,(H,41,49)(H,42,50)(H,43,51)(H2,44,45,46,47,48). The van der Waals surface area contributed by atoms with E-state index in [2.05, 4.69) is 41.5 Å². The maximum absolute atomic E-state index is 15.2. The van der Waals surface area contributed by atoms with E-state index in [0.717, 1.165) is 24.5 Å². The van der Waals surface area contributed by atoms with Gasteiger partial charge >= 0.3 is 17.8 Å². The first kappa shape index (κ1) is 38.1. The van der Waals surface area contributed by atoms with Gasteiger partial charge in [-0.15, -0.1) is 0 Å². The molecule has 1 aliphatic rings. The summed E-state index contributed by atoms with van der Waals surface area (Å²) in [4.78, 5) is 50.1. The van der Waals surface area contributed by atoms with E-state index in [1.165, 1.54) is 12.1 Å². The molecule has 274 valence electrons. The Labute approximate surface area is 307 Å². The highest BCUT2D eigenvalue weighted by Gasteiger charge is 2.45. The monoisotopic (exact) mass is 758 g/mol. The fraction of sp³-hybridized carbons (Fsp3) is 0.314. The molecule has 0 unspecified atom stereocenters. The second kappa shape index (κ2) is 15.6. The highest BCUT2D eigenvalue weighted by Crippen LogP contribution is 2.48. The summed E-state index contributed by atoms with van der Waals surface area (Å²) in [6.45, 7) is 3.24. The van der Waals surface area contributed by atoms with Gasteiger partial charge in [0.25, 0.3) is 11.8 Å². The number of rotatable bonds is 14. The summed E-state index contributed by atoms with van der Waals surface area (Å²) in [5.41, 5.74) is -0.0264. The summed E-state index contributed by atoms with van der Waals surface area (Å²) in [6.07, 6.45) is 1.49. The lowest BCUT2D eigenvalue weighted by Gasteiger charge is -2.25. The van der Waals surface area contributed by atoms with Gasteiger partial charge in [-0.05, 0) is 78.4 Å². The lowest BCUT2D eigenvalue weighted by Crippen LogP contribution is -2.45. The fourth-order valence-corrected chi connectivity index (χ4v) is 5.07. The molecule has 1 aliphatic carbocycles. The van der Waals surface area contributed by atoms with E-state index < -0.39 is 47.0 Å². The van der Waals surface area contributed by atoms with Gasteiger partial charge < -0.3 is 31.3 Å². The van der Waals surface area contributed by atoms with Crippen molar-refractivity contribution in [2.75, 3.05) is 35.6 Å². The van der Waals surface area contributed by atoms with Gasteiger partial charge in [-0.2, -0.15) is 15.0 Å². The van der Waals surface area contributed by atoms with Crippen LogP contribution in [0.15, 0.2) is 66.7 Å². The number of carbonyl (C=O) groups is 3. The van der Waals surface area contributed by atoms with Crippen molar-refractivity contribution < 1.29 is 32.3 Å². The number of aromatic nitrogens is 3.